The van der Waals surface area contributed by atoms with E-state index in [2.05, 4.69) is 82.7 Å². The van der Waals surface area contributed by atoms with E-state index in [4.69, 9.17) is 4.65 Å². The van der Waals surface area contributed by atoms with Crippen LogP contribution in [0.25, 0.3) is 0 Å². The Morgan fingerprint density at radius 3 is 2.51 bits per heavy atom. The van der Waals surface area contributed by atoms with Gasteiger partial charge in [-0.05, 0) is 102 Å². The van der Waals surface area contributed by atoms with Gasteiger partial charge in [0.25, 0.3) is 0 Å². The maximum Gasteiger partial charge on any atom is 0.309 e. The lowest BCUT2D eigenvalue weighted by Gasteiger charge is -2.42. The third-order valence-electron chi connectivity index (χ3n) is 11.3. The van der Waals surface area contributed by atoms with E-state index in [1.54, 1.807) is 5.57 Å². The van der Waals surface area contributed by atoms with Crippen molar-refractivity contribution in [1.82, 2.24) is 4.90 Å². The van der Waals surface area contributed by atoms with Crippen LogP contribution in [-0.4, -0.2) is 58.9 Å². The predicted octanol–water partition coefficient (Wildman–Crippen LogP) is 6.45. The second-order valence-corrected chi connectivity index (χ2v) is 14.3. The number of aliphatic hydroxyl groups is 1. The Bertz CT molecular complexity index is 1300. The van der Waals surface area contributed by atoms with Crippen molar-refractivity contribution in [2.24, 2.45) is 11.8 Å². The van der Waals surface area contributed by atoms with E-state index < -0.39 is 11.2 Å². The highest BCUT2D eigenvalue weighted by Gasteiger charge is 2.55. The van der Waals surface area contributed by atoms with Crippen molar-refractivity contribution < 1.29 is 9.76 Å². The fraction of sp³-hybridized carbons (Fsp3) is 0.556. The zero-order valence-electron chi connectivity index (χ0n) is 25.4. The summed E-state index contributed by atoms with van der Waals surface area (Å²) in [5.41, 5.74) is 4.26. The van der Waals surface area contributed by atoms with Crippen LogP contribution in [0.1, 0.15) is 72.6 Å². The summed E-state index contributed by atoms with van der Waals surface area (Å²) in [7, 11) is 0.540. The minimum Gasteiger partial charge on any atom is -0.427 e. The number of para-hydroxylation sites is 1. The molecule has 0 spiro atoms. The topological polar surface area (TPSA) is 35.9 Å². The van der Waals surface area contributed by atoms with Gasteiger partial charge in [0.05, 0.1) is 17.2 Å². The summed E-state index contributed by atoms with van der Waals surface area (Å²) in [6, 6.07) is 13.6. The lowest BCUT2D eigenvalue weighted by Crippen LogP contribution is -2.49. The fourth-order valence-corrected chi connectivity index (χ4v) is 8.53. The molecule has 0 aromatic heterocycles. The van der Waals surface area contributed by atoms with Crippen molar-refractivity contribution >= 4 is 13.2 Å². The van der Waals surface area contributed by atoms with Crippen molar-refractivity contribution in [2.75, 3.05) is 4.90 Å². The number of nitrogens with zero attached hydrogens (tertiary/aromatic N) is 2. The molecule has 2 fully saturated rings. The Morgan fingerprint density at radius 2 is 1.76 bits per heavy atom. The number of hydrogen-bond donors (Lipinski definition) is 1. The van der Waals surface area contributed by atoms with Gasteiger partial charge in [-0.15, -0.1) is 0 Å². The Hall–Kier alpha value is -2.34. The van der Waals surface area contributed by atoms with Gasteiger partial charge in [0.1, 0.15) is 0 Å². The van der Waals surface area contributed by atoms with Crippen LogP contribution in [0.15, 0.2) is 89.5 Å². The number of allylic oxidation sites excluding steroid dienone is 4. The largest absolute Gasteiger partial charge is 0.427 e. The molecule has 5 heteroatoms. The first kappa shape index (κ1) is 27.5. The van der Waals surface area contributed by atoms with Crippen LogP contribution in [0.3, 0.4) is 0 Å². The summed E-state index contributed by atoms with van der Waals surface area (Å²) in [5, 5.41) is 10.7. The molecule has 7 atom stereocenters. The molecule has 1 aromatic carbocycles. The molecular formula is C36H47BN2O2. The third kappa shape index (κ3) is 4.73. The molecule has 6 aliphatic rings. The Balaban J connectivity index is 1.25. The Kier molecular flexibility index (Phi) is 7.00. The average molecular weight is 551 g/mol. The monoisotopic (exact) mass is 550 g/mol. The van der Waals surface area contributed by atoms with Crippen molar-refractivity contribution in [3.05, 3.63) is 89.5 Å². The van der Waals surface area contributed by atoms with Crippen LogP contribution < -0.4 is 4.90 Å². The summed E-state index contributed by atoms with van der Waals surface area (Å²) >= 11 is 0. The van der Waals surface area contributed by atoms with Gasteiger partial charge in [-0.1, -0.05) is 66.2 Å². The minimum absolute atomic E-state index is 0.441. The number of rotatable bonds is 6. The maximum absolute atomic E-state index is 10.7. The van der Waals surface area contributed by atoms with Gasteiger partial charge in [-0.25, -0.2) is 0 Å². The van der Waals surface area contributed by atoms with Gasteiger partial charge in [-0.3, -0.25) is 4.90 Å². The van der Waals surface area contributed by atoms with Crippen LogP contribution in [-0.2, 0) is 4.65 Å². The molecular weight excluding hydrogens is 503 g/mol. The van der Waals surface area contributed by atoms with E-state index >= 15 is 0 Å². The minimum atomic E-state index is -0.903. The van der Waals surface area contributed by atoms with Crippen LogP contribution >= 0.6 is 0 Å². The molecule has 2 aliphatic heterocycles. The molecule has 6 unspecified atom stereocenters. The number of benzene rings is 1. The first-order valence-corrected chi connectivity index (χ1v) is 16.2. The molecule has 1 N–H and O–H groups in total. The molecule has 0 saturated carbocycles. The van der Waals surface area contributed by atoms with E-state index in [1.165, 1.54) is 55.3 Å². The molecule has 216 valence electrons. The number of fused-ring (bicyclic) bond motifs is 6. The third-order valence-corrected chi connectivity index (χ3v) is 11.3. The zero-order valence-corrected chi connectivity index (χ0v) is 25.4. The van der Waals surface area contributed by atoms with Gasteiger partial charge in [0.15, 0.2) is 0 Å². The Morgan fingerprint density at radius 1 is 0.951 bits per heavy atom. The number of anilines is 1. The molecule has 1 aromatic rings. The number of hydrogen-bond acceptors (Lipinski definition) is 4. The SMILES string of the molecule is CC(C)(O)C(C)(C)OBC1=CC[C@H]2C(=C1)C1=CC3C4CCC=CC4N(c4ccccc4)C3CC1N2C1C=CCCC1. The first-order valence-electron chi connectivity index (χ1n) is 16.2. The highest BCUT2D eigenvalue weighted by Crippen LogP contribution is 2.54. The maximum atomic E-state index is 10.7. The fourth-order valence-electron chi connectivity index (χ4n) is 8.53. The molecule has 7 rings (SSSR count). The molecule has 4 nitrogen and oxygen atoms in total. The van der Waals surface area contributed by atoms with Crippen LogP contribution in [0.5, 0.6) is 0 Å². The summed E-state index contributed by atoms with van der Waals surface area (Å²) in [6.07, 6.45) is 26.0. The molecule has 4 aliphatic carbocycles. The predicted molar refractivity (Wildman–Crippen MR) is 170 cm³/mol. The normalized spacial score (nSPS) is 34.7. The van der Waals surface area contributed by atoms with E-state index in [9.17, 15) is 5.11 Å². The standard InChI is InChI=1S/C36H47BN2O2/c1-35(2,40)36(3,4)41-37-24-19-20-32-28(21-24)30-22-29-27-17-11-12-18-31(27)38(25-13-7-5-8-14-25)33(29)23-34(30)39(32)26-15-9-6-10-16-26/h5,7-9,12-15,18-19,21-22,26-27,29,31-34,37,40H,6,10-11,16-17,20,23H2,1-4H3/t26?,27?,29?,31?,32-,33?,34?/m0/s1. The van der Waals surface area contributed by atoms with E-state index in [0.717, 1.165) is 6.42 Å². The summed E-state index contributed by atoms with van der Waals surface area (Å²) in [6.45, 7) is 7.66. The van der Waals surface area contributed by atoms with Gasteiger partial charge in [-0.2, -0.15) is 0 Å². The molecule has 0 amide bonds. The molecule has 2 heterocycles. The smallest absolute Gasteiger partial charge is 0.309 e. The number of likely N-dealkylation sites (tertiary alicyclic amines) is 1. The summed E-state index contributed by atoms with van der Waals surface area (Å²) in [5.74, 6) is 1.26. The van der Waals surface area contributed by atoms with E-state index in [1.807, 2.05) is 27.7 Å². The second-order valence-electron chi connectivity index (χ2n) is 14.3. The zero-order chi connectivity index (χ0) is 28.4. The highest BCUT2D eigenvalue weighted by molar-refractivity contribution is 6.39. The average Bonchev–Trinajstić information content (AvgIpc) is 3.47. The van der Waals surface area contributed by atoms with Gasteiger partial charge >= 0.3 is 7.48 Å². The first-order chi connectivity index (χ1) is 19.7. The summed E-state index contributed by atoms with van der Waals surface area (Å²) < 4.78 is 6.34. The lowest BCUT2D eigenvalue weighted by molar-refractivity contribution is -0.0896. The van der Waals surface area contributed by atoms with Crippen LogP contribution in [0.4, 0.5) is 5.69 Å². The highest BCUT2D eigenvalue weighted by atomic mass is 16.5. The molecule has 0 bridgehead atoms. The van der Waals surface area contributed by atoms with Crippen LogP contribution in [0.2, 0.25) is 0 Å². The summed E-state index contributed by atoms with van der Waals surface area (Å²) in [4.78, 5) is 5.69. The quantitative estimate of drug-likeness (QED) is 0.326. The molecule has 41 heavy (non-hydrogen) atoms. The van der Waals surface area contributed by atoms with Gasteiger partial charge in [0.2, 0.25) is 0 Å². The van der Waals surface area contributed by atoms with E-state index in [0.29, 0.717) is 49.5 Å². The Labute approximate surface area is 247 Å². The van der Waals surface area contributed by atoms with Crippen molar-refractivity contribution in [2.45, 2.75) is 114 Å². The molecule has 0 radical (unpaired) electrons. The van der Waals surface area contributed by atoms with Gasteiger partial charge in [0, 0.05) is 35.8 Å². The van der Waals surface area contributed by atoms with Gasteiger partial charge < -0.3 is 14.7 Å². The lowest BCUT2D eigenvalue weighted by atomic mass is 9.73. The van der Waals surface area contributed by atoms with Crippen LogP contribution in [0, 0.1) is 11.8 Å². The second kappa shape index (κ2) is 10.4. The van der Waals surface area contributed by atoms with Crippen molar-refractivity contribution in [3.8, 4) is 0 Å². The van der Waals surface area contributed by atoms with E-state index in [-0.39, 0.29) is 0 Å². The molecule has 2 saturated heterocycles. The van der Waals surface area contributed by atoms with Crippen molar-refractivity contribution in [3.63, 3.8) is 0 Å². The van der Waals surface area contributed by atoms with Crippen molar-refractivity contribution in [1.29, 1.82) is 0 Å².